The van der Waals surface area contributed by atoms with Gasteiger partial charge in [-0.3, -0.25) is 4.79 Å². The van der Waals surface area contributed by atoms with Gasteiger partial charge in [-0.05, 0) is 30.2 Å². The molecule has 2 rings (SSSR count). The van der Waals surface area contributed by atoms with Crippen molar-refractivity contribution in [3.8, 4) is 0 Å². The minimum atomic E-state index is -3.55. The van der Waals surface area contributed by atoms with Crippen molar-refractivity contribution in [2.24, 2.45) is 5.92 Å². The van der Waals surface area contributed by atoms with E-state index in [4.69, 9.17) is 0 Å². The maximum Gasteiger partial charge on any atom is 0.252 e. The average molecular weight is 330 g/mol. The van der Waals surface area contributed by atoms with Gasteiger partial charge in [0, 0.05) is 13.1 Å². The van der Waals surface area contributed by atoms with E-state index in [1.165, 1.54) is 13.5 Å². The van der Waals surface area contributed by atoms with E-state index in [1.807, 2.05) is 0 Å². The lowest BCUT2D eigenvalue weighted by Gasteiger charge is -2.30. The molecule has 0 aliphatic heterocycles. The summed E-state index contributed by atoms with van der Waals surface area (Å²) in [6.45, 7) is 2.00. The number of amides is 1. The first-order valence-corrected chi connectivity index (χ1v) is 9.52. The zero-order valence-electron chi connectivity index (χ0n) is 12.4. The van der Waals surface area contributed by atoms with E-state index in [2.05, 4.69) is 12.2 Å². The van der Waals surface area contributed by atoms with Crippen LogP contribution in [0.3, 0.4) is 0 Å². The SMILES string of the molecule is C[C@@H]1CCCC[C@H]1NC(=O)CN(C)S(=O)(=O)c1cccs1. The molecule has 1 aliphatic rings. The van der Waals surface area contributed by atoms with E-state index in [0.29, 0.717) is 5.92 Å². The van der Waals surface area contributed by atoms with Crippen LogP contribution in [0.15, 0.2) is 21.7 Å². The molecule has 0 unspecified atom stereocenters. The van der Waals surface area contributed by atoms with Gasteiger partial charge in [0.1, 0.15) is 4.21 Å². The fourth-order valence-electron chi connectivity index (χ4n) is 2.63. The number of carbonyl (C=O) groups is 1. The molecule has 118 valence electrons. The van der Waals surface area contributed by atoms with Gasteiger partial charge in [-0.15, -0.1) is 11.3 Å². The predicted octanol–water partition coefficient (Wildman–Crippen LogP) is 2.06. The first-order chi connectivity index (χ1) is 9.91. The quantitative estimate of drug-likeness (QED) is 0.899. The molecule has 2 atom stereocenters. The van der Waals surface area contributed by atoms with Crippen LogP contribution in [0.25, 0.3) is 0 Å². The van der Waals surface area contributed by atoms with E-state index in [9.17, 15) is 13.2 Å². The number of carbonyl (C=O) groups excluding carboxylic acids is 1. The fourth-order valence-corrected chi connectivity index (χ4v) is 4.96. The van der Waals surface area contributed by atoms with E-state index in [-0.39, 0.29) is 22.7 Å². The summed E-state index contributed by atoms with van der Waals surface area (Å²) in [4.78, 5) is 12.1. The second-order valence-corrected chi connectivity index (χ2v) is 8.85. The van der Waals surface area contributed by atoms with Gasteiger partial charge in [0.25, 0.3) is 10.0 Å². The van der Waals surface area contributed by atoms with Gasteiger partial charge in [0.2, 0.25) is 5.91 Å². The molecule has 21 heavy (non-hydrogen) atoms. The molecular formula is C14H22N2O3S2. The highest BCUT2D eigenvalue weighted by atomic mass is 32.2. The molecule has 0 spiro atoms. The highest BCUT2D eigenvalue weighted by Crippen LogP contribution is 2.24. The van der Waals surface area contributed by atoms with Crippen LogP contribution >= 0.6 is 11.3 Å². The molecular weight excluding hydrogens is 308 g/mol. The van der Waals surface area contributed by atoms with Crippen LogP contribution in [0.4, 0.5) is 0 Å². The summed E-state index contributed by atoms with van der Waals surface area (Å²) in [5, 5.41) is 4.69. The van der Waals surface area contributed by atoms with Crippen molar-refractivity contribution in [1.29, 1.82) is 0 Å². The Balaban J connectivity index is 1.93. The molecule has 1 saturated carbocycles. The summed E-state index contributed by atoms with van der Waals surface area (Å²) >= 11 is 1.16. The number of likely N-dealkylation sites (N-methyl/N-ethyl adjacent to an activating group) is 1. The Hall–Kier alpha value is -0.920. The standard InChI is InChI=1S/C14H22N2O3S2/c1-11-6-3-4-7-12(11)15-13(17)10-16(2)21(18,19)14-8-5-9-20-14/h5,8-9,11-12H,3-4,6-7,10H2,1-2H3,(H,15,17)/t11-,12-/m1/s1. The Morgan fingerprint density at radius 3 is 2.76 bits per heavy atom. The molecule has 1 amide bonds. The molecule has 1 aliphatic carbocycles. The summed E-state index contributed by atoms with van der Waals surface area (Å²) in [7, 11) is -2.11. The van der Waals surface area contributed by atoms with Crippen molar-refractivity contribution in [3.05, 3.63) is 17.5 Å². The summed E-state index contributed by atoms with van der Waals surface area (Å²) in [6.07, 6.45) is 4.43. The van der Waals surface area contributed by atoms with Crippen LogP contribution in [0.2, 0.25) is 0 Å². The second kappa shape index (κ2) is 6.89. The third-order valence-electron chi connectivity index (χ3n) is 3.98. The minimum absolute atomic E-state index is 0.135. The van der Waals surface area contributed by atoms with Crippen LogP contribution in [0.1, 0.15) is 32.6 Å². The molecule has 1 fully saturated rings. The second-order valence-electron chi connectivity index (χ2n) is 5.63. The van der Waals surface area contributed by atoms with Crippen molar-refractivity contribution in [2.75, 3.05) is 13.6 Å². The van der Waals surface area contributed by atoms with E-state index < -0.39 is 10.0 Å². The smallest absolute Gasteiger partial charge is 0.252 e. The summed E-state index contributed by atoms with van der Waals surface area (Å²) in [5.74, 6) is 0.235. The van der Waals surface area contributed by atoms with Crippen LogP contribution in [-0.2, 0) is 14.8 Å². The van der Waals surface area contributed by atoms with Crippen molar-refractivity contribution in [3.63, 3.8) is 0 Å². The monoisotopic (exact) mass is 330 g/mol. The maximum atomic E-state index is 12.2. The number of nitrogens with zero attached hydrogens (tertiary/aromatic N) is 1. The lowest BCUT2D eigenvalue weighted by atomic mass is 9.86. The Morgan fingerprint density at radius 2 is 2.14 bits per heavy atom. The van der Waals surface area contributed by atoms with Gasteiger partial charge < -0.3 is 5.32 Å². The van der Waals surface area contributed by atoms with Crippen molar-refractivity contribution in [2.45, 2.75) is 42.9 Å². The summed E-state index contributed by atoms with van der Waals surface area (Å²) < 4.78 is 25.9. The van der Waals surface area contributed by atoms with Crippen molar-refractivity contribution in [1.82, 2.24) is 9.62 Å². The van der Waals surface area contributed by atoms with E-state index >= 15 is 0 Å². The Labute approximate surface area is 130 Å². The van der Waals surface area contributed by atoms with E-state index in [1.54, 1.807) is 17.5 Å². The van der Waals surface area contributed by atoms with Gasteiger partial charge in [-0.25, -0.2) is 8.42 Å². The van der Waals surface area contributed by atoms with Crippen LogP contribution in [0, 0.1) is 5.92 Å². The number of nitrogens with one attached hydrogen (secondary N) is 1. The molecule has 1 heterocycles. The van der Waals surface area contributed by atoms with Gasteiger partial charge in [-0.2, -0.15) is 4.31 Å². The van der Waals surface area contributed by atoms with Gasteiger partial charge >= 0.3 is 0 Å². The Morgan fingerprint density at radius 1 is 1.43 bits per heavy atom. The molecule has 5 nitrogen and oxygen atoms in total. The Bertz CT molecular complexity index is 569. The molecule has 1 aromatic rings. The molecule has 0 aromatic carbocycles. The average Bonchev–Trinajstić information content (AvgIpc) is 2.96. The summed E-state index contributed by atoms with van der Waals surface area (Å²) in [5.41, 5.74) is 0. The third kappa shape index (κ3) is 4.05. The number of hydrogen-bond acceptors (Lipinski definition) is 4. The lowest BCUT2D eigenvalue weighted by molar-refractivity contribution is -0.122. The zero-order valence-corrected chi connectivity index (χ0v) is 14.0. The summed E-state index contributed by atoms with van der Waals surface area (Å²) in [6, 6.07) is 3.41. The zero-order chi connectivity index (χ0) is 15.5. The van der Waals surface area contributed by atoms with Crippen molar-refractivity contribution >= 4 is 27.3 Å². The number of rotatable bonds is 5. The first kappa shape index (κ1) is 16.5. The molecule has 0 radical (unpaired) electrons. The minimum Gasteiger partial charge on any atom is -0.352 e. The molecule has 7 heteroatoms. The predicted molar refractivity (Wildman–Crippen MR) is 83.7 cm³/mol. The van der Waals surface area contributed by atoms with Crippen LogP contribution < -0.4 is 5.32 Å². The third-order valence-corrected chi connectivity index (χ3v) is 7.16. The highest BCUT2D eigenvalue weighted by molar-refractivity contribution is 7.91. The Kier molecular flexibility index (Phi) is 5.40. The lowest BCUT2D eigenvalue weighted by Crippen LogP contribution is -2.45. The molecule has 1 N–H and O–H groups in total. The molecule has 0 bridgehead atoms. The first-order valence-electron chi connectivity index (χ1n) is 7.20. The molecule has 0 saturated heterocycles. The van der Waals surface area contributed by atoms with Crippen molar-refractivity contribution < 1.29 is 13.2 Å². The topological polar surface area (TPSA) is 66.5 Å². The largest absolute Gasteiger partial charge is 0.352 e. The fraction of sp³-hybridized carbons (Fsp3) is 0.643. The van der Waals surface area contributed by atoms with E-state index in [0.717, 1.165) is 34.9 Å². The number of hydrogen-bond donors (Lipinski definition) is 1. The molecule has 1 aromatic heterocycles. The van der Waals surface area contributed by atoms with Gasteiger partial charge in [0.15, 0.2) is 0 Å². The van der Waals surface area contributed by atoms with Crippen LogP contribution in [-0.4, -0.2) is 38.3 Å². The number of sulfonamides is 1. The van der Waals surface area contributed by atoms with Crippen LogP contribution in [0.5, 0.6) is 0 Å². The maximum absolute atomic E-state index is 12.2. The van der Waals surface area contributed by atoms with Gasteiger partial charge in [-0.1, -0.05) is 25.8 Å². The van der Waals surface area contributed by atoms with Gasteiger partial charge in [0.05, 0.1) is 6.54 Å². The number of thiophene rings is 1. The normalized spacial score (nSPS) is 23.2. The highest BCUT2D eigenvalue weighted by Gasteiger charge is 2.27.